The number of rotatable bonds is 40. The number of carbonyl (C=O) groups excluding carboxylic acids is 1. The van der Waals surface area contributed by atoms with Crippen molar-refractivity contribution in [3.63, 3.8) is 0 Å². The molecule has 0 aliphatic carbocycles. The van der Waals surface area contributed by atoms with E-state index in [2.05, 4.69) is 18.2 Å². The molecule has 0 atom stereocenters. The average molecular weight is 757 g/mol. The van der Waals surface area contributed by atoms with E-state index in [1.54, 1.807) is 0 Å². The van der Waals surface area contributed by atoms with Crippen LogP contribution < -0.4 is 0 Å². The van der Waals surface area contributed by atoms with Crippen LogP contribution in [-0.4, -0.2) is 46.4 Å². The molecule has 0 amide bonds. The van der Waals surface area contributed by atoms with Crippen molar-refractivity contribution < 1.29 is 34.4 Å². The molecule has 0 heterocycles. The van der Waals surface area contributed by atoms with E-state index in [1.165, 1.54) is 184 Å². The minimum atomic E-state index is -0.674. The zero-order chi connectivity index (χ0) is 39.2. The number of esters is 1. The van der Waals surface area contributed by atoms with Crippen LogP contribution in [0.3, 0.4) is 0 Å². The van der Waals surface area contributed by atoms with Gasteiger partial charge in [-0.1, -0.05) is 185 Å². The molecule has 1 aromatic rings. The molecule has 54 heavy (non-hydrogen) atoms. The molecule has 0 saturated carbocycles. The van der Waals surface area contributed by atoms with Crippen LogP contribution in [0.2, 0.25) is 0 Å². The molecule has 0 unspecified atom stereocenters. The summed E-state index contributed by atoms with van der Waals surface area (Å²) in [5.74, 6) is -1.77. The van der Waals surface area contributed by atoms with Crippen LogP contribution in [0.5, 0.6) is 0 Å². The minimum absolute atomic E-state index is 0.0220. The summed E-state index contributed by atoms with van der Waals surface area (Å²) in [4.78, 5) is 33.1. The van der Waals surface area contributed by atoms with Crippen molar-refractivity contribution in [3.8, 4) is 0 Å². The Balaban J connectivity index is 2.22. The largest absolute Gasteiger partial charge is 0.481 e. The van der Waals surface area contributed by atoms with E-state index in [1.807, 2.05) is 6.08 Å². The Hall–Kier alpha value is -2.67. The highest BCUT2D eigenvalue weighted by atomic mass is 16.5. The smallest absolute Gasteiger partial charge is 0.330 e. The van der Waals surface area contributed by atoms with Gasteiger partial charge in [0.1, 0.15) is 6.61 Å². The third-order valence-electron chi connectivity index (χ3n) is 10.7. The Labute approximate surface area is 330 Å². The summed E-state index contributed by atoms with van der Waals surface area (Å²) in [7, 11) is 0. The summed E-state index contributed by atoms with van der Waals surface area (Å²) in [5, 5.41) is 26.3. The van der Waals surface area contributed by atoms with Crippen molar-refractivity contribution >= 4 is 24.0 Å². The Kier molecular flexibility index (Phi) is 34.1. The quantitative estimate of drug-likeness (QED) is 0.0346. The number of benzene rings is 1. The lowest BCUT2D eigenvalue weighted by Crippen LogP contribution is -2.05. The first kappa shape index (κ1) is 49.3. The molecule has 7 nitrogen and oxygen atoms in total. The molecule has 0 radical (unpaired) electrons. The summed E-state index contributed by atoms with van der Waals surface area (Å²) >= 11 is 0. The van der Waals surface area contributed by atoms with Crippen molar-refractivity contribution in [1.29, 1.82) is 0 Å². The first-order valence-corrected chi connectivity index (χ1v) is 22.4. The number of aryl methyl sites for hydroxylation is 2. The van der Waals surface area contributed by atoms with Gasteiger partial charge in [0, 0.05) is 18.9 Å². The van der Waals surface area contributed by atoms with E-state index in [-0.39, 0.29) is 13.2 Å². The molecule has 0 aromatic heterocycles. The van der Waals surface area contributed by atoms with Crippen molar-refractivity contribution in [3.05, 3.63) is 41.0 Å². The van der Waals surface area contributed by atoms with E-state index in [0.717, 1.165) is 44.1 Å². The van der Waals surface area contributed by atoms with Crippen molar-refractivity contribution in [2.75, 3.05) is 13.2 Å². The van der Waals surface area contributed by atoms with Gasteiger partial charge in [0.05, 0.1) is 6.61 Å². The second kappa shape index (κ2) is 37.3. The van der Waals surface area contributed by atoms with Crippen LogP contribution in [0, 0.1) is 0 Å². The van der Waals surface area contributed by atoms with Gasteiger partial charge in [-0.25, -0.2) is 4.79 Å². The highest BCUT2D eigenvalue weighted by Crippen LogP contribution is 2.21. The fourth-order valence-electron chi connectivity index (χ4n) is 7.36. The van der Waals surface area contributed by atoms with Crippen LogP contribution in [0.1, 0.15) is 222 Å². The molecule has 3 N–H and O–H groups in total. The van der Waals surface area contributed by atoms with Gasteiger partial charge in [-0.15, -0.1) is 0 Å². The van der Waals surface area contributed by atoms with Gasteiger partial charge in [0.15, 0.2) is 0 Å². The molecule has 0 saturated heterocycles. The summed E-state index contributed by atoms with van der Waals surface area (Å²) in [5.41, 5.74) is 3.89. The number of ether oxygens (including phenoxy) is 1. The number of carboxylic acids is 2. The van der Waals surface area contributed by atoms with E-state index in [9.17, 15) is 14.4 Å². The Morgan fingerprint density at radius 3 is 1.15 bits per heavy atom. The van der Waals surface area contributed by atoms with Crippen molar-refractivity contribution in [2.24, 2.45) is 0 Å². The van der Waals surface area contributed by atoms with Gasteiger partial charge in [-0.2, -0.15) is 0 Å². The zero-order valence-electron chi connectivity index (χ0n) is 34.3. The Bertz CT molecular complexity index is 1080. The summed E-state index contributed by atoms with van der Waals surface area (Å²) < 4.78 is 4.98. The Morgan fingerprint density at radius 2 is 0.796 bits per heavy atom. The van der Waals surface area contributed by atoms with E-state index in [0.29, 0.717) is 12.8 Å². The number of carboxylic acid groups (broad SMARTS) is 2. The average Bonchev–Trinajstić information content (AvgIpc) is 3.15. The fraction of sp³-hybridized carbons (Fsp3) is 0.766. The molecule has 7 heteroatoms. The van der Waals surface area contributed by atoms with E-state index in [4.69, 9.17) is 20.1 Å². The number of aliphatic carboxylic acids is 2. The van der Waals surface area contributed by atoms with Crippen LogP contribution in [0.4, 0.5) is 0 Å². The maximum absolute atomic E-state index is 11.9. The third kappa shape index (κ3) is 32.7. The van der Waals surface area contributed by atoms with Gasteiger partial charge in [-0.05, 0) is 61.3 Å². The number of aliphatic hydroxyl groups is 1. The molecule has 310 valence electrons. The summed E-state index contributed by atoms with van der Waals surface area (Å²) in [6, 6.07) is 6.63. The highest BCUT2D eigenvalue weighted by molar-refractivity contribution is 5.87. The number of hydrogen-bond acceptors (Lipinski definition) is 5. The number of carbonyl (C=O) groups is 3. The van der Waals surface area contributed by atoms with E-state index < -0.39 is 17.9 Å². The lowest BCUT2D eigenvalue weighted by atomic mass is 9.94. The van der Waals surface area contributed by atoms with Crippen LogP contribution >= 0.6 is 0 Å². The number of unbranched alkanes of at least 4 members (excludes halogenated alkanes) is 28. The lowest BCUT2D eigenvalue weighted by Gasteiger charge is -2.12. The molecule has 0 aliphatic heterocycles. The van der Waals surface area contributed by atoms with Gasteiger partial charge < -0.3 is 20.1 Å². The number of aliphatic hydroxyl groups excluding tert-OH is 1. The molecule has 0 aliphatic rings. The summed E-state index contributed by atoms with van der Waals surface area (Å²) in [6.07, 6.45) is 43.5. The predicted octanol–water partition coefficient (Wildman–Crippen LogP) is 13.0. The molecule has 0 bridgehead atoms. The predicted molar refractivity (Wildman–Crippen MR) is 224 cm³/mol. The van der Waals surface area contributed by atoms with Crippen LogP contribution in [-0.2, 0) is 32.0 Å². The summed E-state index contributed by atoms with van der Waals surface area (Å²) in [6.45, 7) is -0.144. The second-order valence-corrected chi connectivity index (χ2v) is 15.6. The molecule has 1 aromatic carbocycles. The van der Waals surface area contributed by atoms with Crippen molar-refractivity contribution in [1.82, 2.24) is 0 Å². The second-order valence-electron chi connectivity index (χ2n) is 15.6. The van der Waals surface area contributed by atoms with Gasteiger partial charge in [-0.3, -0.25) is 9.59 Å². The van der Waals surface area contributed by atoms with Crippen molar-refractivity contribution in [2.45, 2.75) is 218 Å². The van der Waals surface area contributed by atoms with Gasteiger partial charge >= 0.3 is 17.9 Å². The van der Waals surface area contributed by atoms with Crippen LogP contribution in [0.15, 0.2) is 24.3 Å². The molecule has 0 spiro atoms. The maximum Gasteiger partial charge on any atom is 0.330 e. The first-order chi connectivity index (χ1) is 26.4. The van der Waals surface area contributed by atoms with E-state index >= 15 is 0 Å². The monoisotopic (exact) mass is 757 g/mol. The molecule has 1 rings (SSSR count). The van der Waals surface area contributed by atoms with Gasteiger partial charge in [0.2, 0.25) is 0 Å². The normalized spacial score (nSPS) is 11.4. The highest BCUT2D eigenvalue weighted by Gasteiger charge is 2.06. The van der Waals surface area contributed by atoms with Crippen LogP contribution in [0.25, 0.3) is 6.08 Å². The first-order valence-electron chi connectivity index (χ1n) is 22.4. The minimum Gasteiger partial charge on any atom is -0.481 e. The molecule has 0 fully saturated rings. The number of hydrogen-bond donors (Lipinski definition) is 3. The lowest BCUT2D eigenvalue weighted by molar-refractivity contribution is -0.139. The van der Waals surface area contributed by atoms with Gasteiger partial charge in [0.25, 0.3) is 0 Å². The fourth-order valence-corrected chi connectivity index (χ4v) is 7.36. The maximum atomic E-state index is 11.9. The molecular weight excluding hydrogens is 677 g/mol. The zero-order valence-corrected chi connectivity index (χ0v) is 34.3. The third-order valence-corrected chi connectivity index (χ3v) is 10.7. The Morgan fingerprint density at radius 1 is 0.463 bits per heavy atom. The topological polar surface area (TPSA) is 121 Å². The SMILES string of the molecule is O=C(O)CCCCCCCCCCCCCCCCCc1ccc(/C=C/C(=O)OCCO)cc1CCCCCCCCCCCCCCCCCC(=O)O. The molecular formula is C47H80O7. The standard InChI is InChI=1S/C47H80O7/c48-39-40-54-47(53)38-36-42-35-37-43(31-27-23-19-15-11-7-3-1-5-9-13-17-21-25-29-33-45(49)50)44(41-42)32-28-24-20-16-12-8-4-2-6-10-14-18-22-26-30-34-46(51)52/h35-38,41,48H,1-34,39-40H2,(H,49,50)(H,51,52)/b38-36+.